The molecule has 1 aliphatic carbocycles. The summed E-state index contributed by atoms with van der Waals surface area (Å²) in [5.74, 6) is 0. The van der Waals surface area contributed by atoms with Crippen LogP contribution in [0.1, 0.15) is 70.0 Å². The molecule has 3 aliphatic rings. The van der Waals surface area contributed by atoms with E-state index in [1.165, 1.54) is 33.4 Å². The van der Waals surface area contributed by atoms with E-state index in [4.69, 9.17) is 24.9 Å². The molecule has 0 atom stereocenters. The third-order valence-corrected chi connectivity index (χ3v) is 13.1. The van der Waals surface area contributed by atoms with E-state index in [1.54, 1.807) is 0 Å². The molecule has 3 aromatic heterocycles. The van der Waals surface area contributed by atoms with Crippen molar-refractivity contribution in [3.8, 4) is 44.5 Å². The van der Waals surface area contributed by atoms with Gasteiger partial charge in [-0.2, -0.15) is 5.71 Å². The van der Waals surface area contributed by atoms with Gasteiger partial charge in [-0.1, -0.05) is 173 Å². The van der Waals surface area contributed by atoms with Crippen molar-refractivity contribution in [2.45, 2.75) is 55.4 Å². The van der Waals surface area contributed by atoms with Crippen LogP contribution in [-0.4, -0.2) is 26.9 Å². The fraction of sp³-hybridized carbons (Fsp3) is 0.125. The molecule has 11 rings (SSSR count). The molecule has 0 saturated heterocycles. The van der Waals surface area contributed by atoms with Crippen LogP contribution >= 0.6 is 0 Å². The molecule has 0 amide bonds. The van der Waals surface area contributed by atoms with Crippen LogP contribution in [0.25, 0.3) is 96.3 Å². The molecule has 72 heavy (non-hydrogen) atoms. The Morgan fingerprint density at radius 1 is 0.389 bits per heavy atom. The van der Waals surface area contributed by atoms with Crippen LogP contribution < -0.4 is 9.97 Å². The van der Waals surface area contributed by atoms with Crippen LogP contribution in [0.5, 0.6) is 0 Å². The van der Waals surface area contributed by atoms with Crippen LogP contribution in [0.4, 0.5) is 5.69 Å². The van der Waals surface area contributed by atoms with Gasteiger partial charge in [-0.05, 0) is 147 Å². The van der Waals surface area contributed by atoms with Crippen LogP contribution in [0.2, 0.25) is 0 Å². The summed E-state index contributed by atoms with van der Waals surface area (Å²) in [5.41, 5.74) is 26.2. The number of hydrogen-bond donors (Lipinski definition) is 0. The summed E-state index contributed by atoms with van der Waals surface area (Å²) in [4.78, 5) is 26.2. The van der Waals surface area contributed by atoms with E-state index in [1.807, 2.05) is 32.1 Å². The Bertz CT molecular complexity index is 3300. The number of aliphatic imine (C=N–C) groups is 1. The van der Waals surface area contributed by atoms with Crippen molar-refractivity contribution in [1.29, 1.82) is 0 Å². The van der Waals surface area contributed by atoms with Crippen molar-refractivity contribution >= 4 is 63.5 Å². The smallest absolute Gasteiger partial charge is 0.804 e. The maximum Gasteiger partial charge on any atom is 3.00 e. The molecule has 2 N–H and O–H groups in total. The van der Waals surface area contributed by atoms with Gasteiger partial charge >= 0.3 is 19.5 Å². The quantitative estimate of drug-likeness (QED) is 0.126. The van der Waals surface area contributed by atoms with Crippen LogP contribution in [0, 0.1) is 41.5 Å². The van der Waals surface area contributed by atoms with Gasteiger partial charge in [-0.25, -0.2) is 15.0 Å². The third kappa shape index (κ3) is 10.3. The number of rotatable bonds is 5. The van der Waals surface area contributed by atoms with Crippen molar-refractivity contribution < 1.29 is 25.0 Å². The van der Waals surface area contributed by atoms with Gasteiger partial charge in [0.05, 0.1) is 34.2 Å². The molecule has 8 aromatic rings. The van der Waals surface area contributed by atoms with Crippen molar-refractivity contribution in [3.63, 3.8) is 0 Å². The normalized spacial score (nSPS) is 12.6. The molecule has 0 saturated carbocycles. The summed E-state index contributed by atoms with van der Waals surface area (Å²) >= 11 is 0. The molecule has 8 bridgehead atoms. The molecule has 2 aliphatic heterocycles. The van der Waals surface area contributed by atoms with Gasteiger partial charge in [0.2, 0.25) is 0 Å². The number of nitrogens with zero attached hydrogens (tertiary/aromatic N) is 6. The van der Waals surface area contributed by atoms with Crippen LogP contribution in [0.3, 0.4) is 0 Å². The summed E-state index contributed by atoms with van der Waals surface area (Å²) in [6.07, 6.45) is 12.3. The first-order chi connectivity index (χ1) is 33.9. The molecule has 5 heterocycles. The molecule has 1 radical (unpaired) electrons. The number of para-hydroxylation sites is 1. The summed E-state index contributed by atoms with van der Waals surface area (Å²) < 4.78 is 0. The molecular weight excluding hydrogens is 970 g/mol. The second kappa shape index (κ2) is 21.2. The number of aromatic nitrogens is 4. The van der Waals surface area contributed by atoms with Gasteiger partial charge in [0.25, 0.3) is 0 Å². The Morgan fingerprint density at radius 2 is 0.667 bits per heavy atom. The first-order valence-corrected chi connectivity index (χ1v) is 23.8. The number of aryl methyl sites for hydroxylation is 6. The molecule has 0 fully saturated rings. The zero-order valence-corrected chi connectivity index (χ0v) is 43.5. The minimum Gasteiger partial charge on any atom is -0.804 e. The number of benzene rings is 5. The van der Waals surface area contributed by atoms with Gasteiger partial charge in [0, 0.05) is 0 Å². The van der Waals surface area contributed by atoms with Gasteiger partial charge in [-0.15, -0.1) is 22.1 Å². The van der Waals surface area contributed by atoms with E-state index in [2.05, 4.69) is 199 Å². The Labute approximate surface area is 435 Å². The third-order valence-electron chi connectivity index (χ3n) is 13.1. The number of hydrogen-bond acceptors (Lipinski definition) is 3. The average Bonchev–Trinajstić information content (AvgIpc) is 4.21. The maximum absolute atomic E-state index is 9.76. The van der Waals surface area contributed by atoms with Gasteiger partial charge < -0.3 is 20.9 Å². The predicted octanol–water partition coefficient (Wildman–Crippen LogP) is 15.3. The minimum atomic E-state index is 0. The zero-order valence-electron chi connectivity index (χ0n) is 41.8. The van der Waals surface area contributed by atoms with Gasteiger partial charge in [0.15, 0.2) is 0 Å². The largest absolute Gasteiger partial charge is 3.00 e. The standard InChI is InChI=1S/C48H36N4.C16H17N2.H2O.Ru/c1-29-5-13-33(14-6-29)45-37-21-23-39(49-37)46(34-15-7-30(2)8-16-34)41-25-27-43(51-41)48(36-19-11-32(4)12-20-36)44-28-26-42(52-44)47(40-24-22-38(45)50-40)35-17-9-31(3)10-18-35;1-10-6-5-7-11(2)16(10)18-14-8-12(3)15(17)13(4)9-14;;/h5-28H,1-4H3;5-9H,1-4H3;1H2;/q-2;-1;;+3. The van der Waals surface area contributed by atoms with Crippen LogP contribution in [-0.2, 0) is 19.5 Å². The predicted molar refractivity (Wildman–Crippen MR) is 300 cm³/mol. The second-order valence-electron chi connectivity index (χ2n) is 18.6. The molecule has 5 aromatic carbocycles. The molecule has 0 unspecified atom stereocenters. The summed E-state index contributed by atoms with van der Waals surface area (Å²) in [5, 5.41) is 9.76. The minimum absolute atomic E-state index is 0. The van der Waals surface area contributed by atoms with Crippen LogP contribution in [0.15, 0.2) is 168 Å². The molecular formula is C64H55N6ORu. The Kier molecular flexibility index (Phi) is 14.9. The van der Waals surface area contributed by atoms with Crippen molar-refractivity contribution in [1.82, 2.24) is 19.9 Å². The van der Waals surface area contributed by atoms with E-state index in [0.717, 1.165) is 112 Å². The monoisotopic (exact) mass is 1030 g/mol. The Balaban J connectivity index is 0.000000294. The van der Waals surface area contributed by atoms with Crippen molar-refractivity contribution in [2.75, 3.05) is 0 Å². The average molecular weight is 1030 g/mol. The van der Waals surface area contributed by atoms with E-state index < -0.39 is 0 Å². The number of fused-ring (bicyclic) bond motifs is 8. The van der Waals surface area contributed by atoms with Crippen molar-refractivity contribution in [3.05, 3.63) is 224 Å². The summed E-state index contributed by atoms with van der Waals surface area (Å²) in [7, 11) is 0. The molecule has 0 spiro atoms. The summed E-state index contributed by atoms with van der Waals surface area (Å²) in [6.45, 7) is 16.4. The van der Waals surface area contributed by atoms with Gasteiger partial charge in [-0.3, -0.25) is 0 Å². The maximum atomic E-state index is 9.76. The Hall–Kier alpha value is -7.90. The first-order valence-electron chi connectivity index (χ1n) is 23.8. The van der Waals surface area contributed by atoms with Crippen molar-refractivity contribution in [2.24, 2.45) is 4.99 Å². The summed E-state index contributed by atoms with van der Waals surface area (Å²) in [6, 6.07) is 49.2. The van der Waals surface area contributed by atoms with E-state index in [9.17, 15) is 5.41 Å². The first kappa shape index (κ1) is 50.5. The molecule has 8 heteroatoms. The Morgan fingerprint density at radius 3 is 0.944 bits per heavy atom. The van der Waals surface area contributed by atoms with E-state index in [0.29, 0.717) is 5.71 Å². The molecule has 7 nitrogen and oxygen atoms in total. The van der Waals surface area contributed by atoms with E-state index >= 15 is 0 Å². The van der Waals surface area contributed by atoms with E-state index in [-0.39, 0.29) is 25.0 Å². The molecule has 355 valence electrons. The van der Waals surface area contributed by atoms with Gasteiger partial charge in [0.1, 0.15) is 0 Å². The fourth-order valence-corrected chi connectivity index (χ4v) is 9.26. The topological polar surface area (TPSA) is 120 Å². The zero-order chi connectivity index (χ0) is 48.6. The second-order valence-corrected chi connectivity index (χ2v) is 18.6. The SMILES string of the molecule is CC1=CC(=Nc2c(C)cccc2C)C=C(C)C1=[N-].Cc1ccc(-c2c3nc(c(-c4ccc(C)cc4)c4ccc([n-]4)c(-c4ccc(C)cc4)c4nc(c(-c5ccc(C)cc5)c5ccc2[n-]5)C=C4)C=C3)cc1.O.[Ru+3]. The fourth-order valence-electron chi connectivity index (χ4n) is 9.26. The number of allylic oxidation sites excluding steroid dienone is 4.